The predicted octanol–water partition coefficient (Wildman–Crippen LogP) is 3.97. The highest BCUT2D eigenvalue weighted by atomic mass is 127. The van der Waals surface area contributed by atoms with Crippen LogP contribution in [0.5, 0.6) is 0 Å². The molecule has 0 fully saturated rings. The van der Waals surface area contributed by atoms with Gasteiger partial charge in [0.05, 0.1) is 17.7 Å². The lowest BCUT2D eigenvalue weighted by molar-refractivity contribution is 0.0367. The molecule has 0 radical (unpaired) electrons. The Morgan fingerprint density at radius 3 is 2.57 bits per heavy atom. The van der Waals surface area contributed by atoms with Crippen molar-refractivity contribution in [3.8, 4) is 0 Å². The average molecular weight is 401 g/mol. The highest BCUT2D eigenvalue weighted by Crippen LogP contribution is 2.24. The Labute approximate surface area is 136 Å². The molecule has 112 valence electrons. The van der Waals surface area contributed by atoms with Crippen molar-refractivity contribution < 1.29 is 19.4 Å². The second-order valence-electron chi connectivity index (χ2n) is 6.00. The molecule has 21 heavy (non-hydrogen) atoms. The Morgan fingerprint density at radius 1 is 1.33 bits per heavy atom. The van der Waals surface area contributed by atoms with E-state index in [9.17, 15) is 14.7 Å². The van der Waals surface area contributed by atoms with Gasteiger partial charge in [-0.15, -0.1) is 0 Å². The molecule has 0 saturated heterocycles. The summed E-state index contributed by atoms with van der Waals surface area (Å²) in [6.07, 6.45) is 0.445. The second kappa shape index (κ2) is 5.67. The van der Waals surface area contributed by atoms with Crippen LogP contribution in [-0.4, -0.2) is 28.3 Å². The van der Waals surface area contributed by atoms with Crippen LogP contribution in [0.3, 0.4) is 0 Å². The van der Waals surface area contributed by atoms with Crippen LogP contribution in [0.1, 0.15) is 31.1 Å². The fourth-order valence-electron chi connectivity index (χ4n) is 1.84. The molecule has 6 heteroatoms. The van der Waals surface area contributed by atoms with Gasteiger partial charge >= 0.3 is 12.1 Å². The van der Waals surface area contributed by atoms with E-state index in [-0.39, 0.29) is 5.41 Å². The molecule has 2 rings (SSSR count). The molecule has 0 unspecified atom stereocenters. The summed E-state index contributed by atoms with van der Waals surface area (Å²) in [4.78, 5) is 23.3. The van der Waals surface area contributed by atoms with Gasteiger partial charge in [0.15, 0.2) is 0 Å². The lowest BCUT2D eigenvalue weighted by Crippen LogP contribution is -2.18. The predicted molar refractivity (Wildman–Crippen MR) is 87.8 cm³/mol. The molecule has 0 aliphatic rings. The summed E-state index contributed by atoms with van der Waals surface area (Å²) < 4.78 is 7.18. The fraction of sp³-hybridized carbons (Fsp3) is 0.333. The van der Waals surface area contributed by atoms with Gasteiger partial charge < -0.3 is 9.84 Å². The number of fused-ring (bicyclic) bond motifs is 1. The number of esters is 1. The minimum atomic E-state index is -1.08. The highest BCUT2D eigenvalue weighted by Gasteiger charge is 2.17. The lowest BCUT2D eigenvalue weighted by Gasteiger charge is -2.17. The van der Waals surface area contributed by atoms with Gasteiger partial charge in [-0.1, -0.05) is 26.8 Å². The van der Waals surface area contributed by atoms with Crippen LogP contribution in [-0.2, 0) is 4.74 Å². The van der Waals surface area contributed by atoms with E-state index in [0.717, 1.165) is 13.5 Å². The number of ether oxygens (including phenoxy) is 1. The molecule has 0 spiro atoms. The van der Waals surface area contributed by atoms with Crippen molar-refractivity contribution in [3.05, 3.63) is 33.5 Å². The summed E-state index contributed by atoms with van der Waals surface area (Å²) in [5, 5.41) is 9.98. The maximum absolute atomic E-state index is 12.0. The zero-order chi connectivity index (χ0) is 15.8. The monoisotopic (exact) mass is 401 g/mol. The average Bonchev–Trinajstić information content (AvgIpc) is 2.72. The molecule has 5 nitrogen and oxygen atoms in total. The smallest absolute Gasteiger partial charge is 0.416 e. The van der Waals surface area contributed by atoms with Gasteiger partial charge in [-0.05, 0) is 40.1 Å². The maximum Gasteiger partial charge on any atom is 0.416 e. The SMILES string of the molecule is CC(C)(C)COC(=O)c1ccc2c(I)cn(C(=O)O)c2c1. The van der Waals surface area contributed by atoms with E-state index in [1.165, 1.54) is 6.20 Å². The summed E-state index contributed by atoms with van der Waals surface area (Å²) >= 11 is 2.07. The Morgan fingerprint density at radius 2 is 2.00 bits per heavy atom. The van der Waals surface area contributed by atoms with E-state index in [1.54, 1.807) is 18.2 Å². The molecule has 0 saturated carbocycles. The van der Waals surface area contributed by atoms with Gasteiger partial charge in [-0.25, -0.2) is 9.59 Å². The summed E-state index contributed by atoms with van der Waals surface area (Å²) in [6.45, 7) is 6.23. The number of halogens is 1. The first-order chi connectivity index (χ1) is 9.69. The minimum absolute atomic E-state index is 0.115. The van der Waals surface area contributed by atoms with Crippen LogP contribution < -0.4 is 0 Å². The van der Waals surface area contributed by atoms with Crippen molar-refractivity contribution in [2.24, 2.45) is 5.41 Å². The summed E-state index contributed by atoms with van der Waals surface area (Å²) in [5.41, 5.74) is 0.719. The van der Waals surface area contributed by atoms with Gasteiger partial charge in [0.25, 0.3) is 0 Å². The molecule has 0 aliphatic carbocycles. The molecule has 1 aromatic carbocycles. The van der Waals surface area contributed by atoms with Crippen molar-refractivity contribution in [3.63, 3.8) is 0 Å². The third-order valence-corrected chi connectivity index (χ3v) is 3.69. The first-order valence-corrected chi connectivity index (χ1v) is 7.48. The number of nitrogens with zero attached hydrogens (tertiary/aromatic N) is 1. The second-order valence-corrected chi connectivity index (χ2v) is 7.16. The highest BCUT2D eigenvalue weighted by molar-refractivity contribution is 14.1. The van der Waals surface area contributed by atoms with Crippen LogP contribution >= 0.6 is 22.6 Å². The number of carboxylic acid groups (broad SMARTS) is 1. The number of hydrogen-bond donors (Lipinski definition) is 1. The van der Waals surface area contributed by atoms with Crippen LogP contribution in [0.2, 0.25) is 0 Å². The normalized spacial score (nSPS) is 11.6. The molecular formula is C15H16INO4. The summed E-state index contributed by atoms with van der Waals surface area (Å²) in [6, 6.07) is 4.95. The molecule has 1 aromatic heterocycles. The molecule has 2 aromatic rings. The lowest BCUT2D eigenvalue weighted by atomic mass is 9.99. The van der Waals surface area contributed by atoms with E-state index in [0.29, 0.717) is 17.7 Å². The molecule has 0 amide bonds. The minimum Gasteiger partial charge on any atom is -0.464 e. The van der Waals surface area contributed by atoms with E-state index >= 15 is 0 Å². The number of carbonyl (C=O) groups is 2. The third-order valence-electron chi connectivity index (χ3n) is 2.84. The Kier molecular flexibility index (Phi) is 4.27. The molecule has 1 N–H and O–H groups in total. The summed E-state index contributed by atoms with van der Waals surface area (Å²) in [7, 11) is 0. The Bertz CT molecular complexity index is 712. The van der Waals surface area contributed by atoms with Gasteiger partial charge in [0, 0.05) is 15.2 Å². The fourth-order valence-corrected chi connectivity index (χ4v) is 2.57. The Balaban J connectivity index is 2.36. The molecule has 0 atom stereocenters. The first-order valence-electron chi connectivity index (χ1n) is 6.40. The van der Waals surface area contributed by atoms with Gasteiger partial charge in [-0.3, -0.25) is 4.57 Å². The van der Waals surface area contributed by atoms with E-state index < -0.39 is 12.1 Å². The van der Waals surface area contributed by atoms with Crippen LogP contribution in [0.25, 0.3) is 10.9 Å². The number of carbonyl (C=O) groups excluding carboxylic acids is 1. The van der Waals surface area contributed by atoms with Gasteiger partial charge in [0.2, 0.25) is 0 Å². The van der Waals surface area contributed by atoms with Crippen molar-refractivity contribution >= 4 is 45.6 Å². The maximum atomic E-state index is 12.0. The van der Waals surface area contributed by atoms with E-state index in [4.69, 9.17) is 4.74 Å². The Hall–Kier alpha value is -1.57. The zero-order valence-electron chi connectivity index (χ0n) is 12.0. The van der Waals surface area contributed by atoms with Crippen LogP contribution in [0, 0.1) is 8.99 Å². The first kappa shape index (κ1) is 15.8. The number of benzene rings is 1. The molecule has 1 heterocycles. The number of hydrogen-bond acceptors (Lipinski definition) is 3. The van der Waals surface area contributed by atoms with Crippen LogP contribution in [0.4, 0.5) is 4.79 Å². The molecule has 0 aliphatic heterocycles. The molecular weight excluding hydrogens is 385 g/mol. The van der Waals surface area contributed by atoms with Crippen LogP contribution in [0.15, 0.2) is 24.4 Å². The van der Waals surface area contributed by atoms with Crippen molar-refractivity contribution in [1.82, 2.24) is 4.57 Å². The van der Waals surface area contributed by atoms with Crippen molar-refractivity contribution in [1.29, 1.82) is 0 Å². The van der Waals surface area contributed by atoms with Crippen molar-refractivity contribution in [2.75, 3.05) is 6.61 Å². The number of aromatic nitrogens is 1. The van der Waals surface area contributed by atoms with Gasteiger partial charge in [-0.2, -0.15) is 0 Å². The van der Waals surface area contributed by atoms with E-state index in [2.05, 4.69) is 22.6 Å². The topological polar surface area (TPSA) is 68.5 Å². The number of rotatable bonds is 2. The third kappa shape index (κ3) is 3.55. The van der Waals surface area contributed by atoms with E-state index in [1.807, 2.05) is 20.8 Å². The standard InChI is InChI=1S/C15H16INO4/c1-15(2,3)8-21-13(18)9-4-5-10-11(16)7-17(14(19)20)12(10)6-9/h4-7H,8H2,1-3H3,(H,19,20). The zero-order valence-corrected chi connectivity index (χ0v) is 14.2. The van der Waals surface area contributed by atoms with Gasteiger partial charge in [0.1, 0.15) is 0 Å². The largest absolute Gasteiger partial charge is 0.464 e. The quantitative estimate of drug-likeness (QED) is 0.611. The van der Waals surface area contributed by atoms with Crippen molar-refractivity contribution in [2.45, 2.75) is 20.8 Å². The summed E-state index contributed by atoms with van der Waals surface area (Å²) in [5.74, 6) is -0.444. The molecule has 0 bridgehead atoms.